The fourth-order valence-corrected chi connectivity index (χ4v) is 4.51. The number of hydrogen-bond acceptors (Lipinski definition) is 4. The molecule has 6 heteroatoms. The van der Waals surface area contributed by atoms with Crippen LogP contribution in [0.2, 0.25) is 0 Å². The number of hydrogen-bond donors (Lipinski definition) is 1. The van der Waals surface area contributed by atoms with Gasteiger partial charge >= 0.3 is 0 Å². The quantitative estimate of drug-likeness (QED) is 0.896. The van der Waals surface area contributed by atoms with Crippen LogP contribution in [0.4, 0.5) is 0 Å². The van der Waals surface area contributed by atoms with Gasteiger partial charge in [-0.2, -0.15) is 0 Å². The first-order valence-corrected chi connectivity index (χ1v) is 10.1. The van der Waals surface area contributed by atoms with E-state index in [9.17, 15) is 9.59 Å². The Morgan fingerprint density at radius 1 is 1.15 bits per heavy atom. The Labute approximate surface area is 154 Å². The van der Waals surface area contributed by atoms with E-state index < -0.39 is 0 Å². The number of piperidine rings is 1. The number of aromatic nitrogens is 1. The van der Waals surface area contributed by atoms with Crippen LogP contribution in [0.25, 0.3) is 0 Å². The summed E-state index contributed by atoms with van der Waals surface area (Å²) in [5.74, 6) is 2.31. The lowest BCUT2D eigenvalue weighted by molar-refractivity contribution is -0.139. The average molecular weight is 359 g/mol. The summed E-state index contributed by atoms with van der Waals surface area (Å²) < 4.78 is 5.27. The molecular formula is C20H29N3O3. The number of nitrogens with zero attached hydrogens (tertiary/aromatic N) is 2. The highest BCUT2D eigenvalue weighted by atomic mass is 16.5. The fourth-order valence-electron chi connectivity index (χ4n) is 4.51. The summed E-state index contributed by atoms with van der Waals surface area (Å²) in [5.41, 5.74) is 0.373. The van der Waals surface area contributed by atoms with Crippen molar-refractivity contribution in [3.05, 3.63) is 17.5 Å². The van der Waals surface area contributed by atoms with Crippen LogP contribution in [0.5, 0.6) is 0 Å². The van der Waals surface area contributed by atoms with Gasteiger partial charge in [0, 0.05) is 36.5 Å². The molecule has 142 valence electrons. The zero-order chi connectivity index (χ0) is 18.3. The SMILES string of the molecule is C[C@H]1CC[C@@H](C(=O)N2CCC(NC(=O)c3cc(C4CC4)on3)C[C@@H]2C)C1. The third kappa shape index (κ3) is 3.64. The Hall–Kier alpha value is -1.85. The third-order valence-corrected chi connectivity index (χ3v) is 6.28. The van der Waals surface area contributed by atoms with Crippen molar-refractivity contribution in [3.63, 3.8) is 0 Å². The van der Waals surface area contributed by atoms with Crippen molar-refractivity contribution in [2.75, 3.05) is 6.54 Å². The van der Waals surface area contributed by atoms with Gasteiger partial charge in [-0.25, -0.2) is 0 Å². The van der Waals surface area contributed by atoms with Gasteiger partial charge in [0.1, 0.15) is 5.76 Å². The van der Waals surface area contributed by atoms with E-state index >= 15 is 0 Å². The van der Waals surface area contributed by atoms with Gasteiger partial charge in [-0.15, -0.1) is 0 Å². The van der Waals surface area contributed by atoms with Gasteiger partial charge in [-0.05, 0) is 57.8 Å². The van der Waals surface area contributed by atoms with Gasteiger partial charge < -0.3 is 14.7 Å². The largest absolute Gasteiger partial charge is 0.360 e. The lowest BCUT2D eigenvalue weighted by Gasteiger charge is -2.39. The number of amides is 2. The van der Waals surface area contributed by atoms with Crippen LogP contribution in [0.15, 0.2) is 10.6 Å². The van der Waals surface area contributed by atoms with Crippen molar-refractivity contribution in [3.8, 4) is 0 Å². The van der Waals surface area contributed by atoms with Crippen LogP contribution in [0.1, 0.15) is 81.0 Å². The molecule has 2 amide bonds. The van der Waals surface area contributed by atoms with Crippen LogP contribution in [0, 0.1) is 11.8 Å². The van der Waals surface area contributed by atoms with E-state index in [0.717, 1.165) is 57.3 Å². The van der Waals surface area contributed by atoms with Crippen molar-refractivity contribution in [1.29, 1.82) is 0 Å². The molecule has 0 aromatic carbocycles. The molecule has 0 radical (unpaired) electrons. The summed E-state index contributed by atoms with van der Waals surface area (Å²) >= 11 is 0. The Kier molecular flexibility index (Phi) is 4.76. The van der Waals surface area contributed by atoms with E-state index in [0.29, 0.717) is 23.4 Å². The summed E-state index contributed by atoms with van der Waals surface area (Å²) in [6, 6.07) is 2.03. The molecule has 1 N–H and O–H groups in total. The first kappa shape index (κ1) is 17.6. The molecule has 26 heavy (non-hydrogen) atoms. The maximum Gasteiger partial charge on any atom is 0.273 e. The fraction of sp³-hybridized carbons (Fsp3) is 0.750. The Balaban J connectivity index is 1.30. The summed E-state index contributed by atoms with van der Waals surface area (Å²) in [7, 11) is 0. The van der Waals surface area contributed by atoms with Gasteiger partial charge in [0.25, 0.3) is 5.91 Å². The van der Waals surface area contributed by atoms with Gasteiger partial charge in [-0.3, -0.25) is 9.59 Å². The lowest BCUT2D eigenvalue weighted by Crippen LogP contribution is -2.52. The average Bonchev–Trinajstić information content (AvgIpc) is 3.17. The third-order valence-electron chi connectivity index (χ3n) is 6.28. The highest BCUT2D eigenvalue weighted by Crippen LogP contribution is 2.40. The van der Waals surface area contributed by atoms with Gasteiger partial charge in [0.2, 0.25) is 5.91 Å². The zero-order valence-electron chi connectivity index (χ0n) is 15.7. The summed E-state index contributed by atoms with van der Waals surface area (Å²) in [5, 5.41) is 6.99. The Morgan fingerprint density at radius 2 is 1.96 bits per heavy atom. The molecule has 2 saturated carbocycles. The van der Waals surface area contributed by atoms with Crippen molar-refractivity contribution in [1.82, 2.24) is 15.4 Å². The standard InChI is InChI=1S/C20H29N3O3/c1-12-3-4-15(9-12)20(25)23-8-7-16(10-13(23)2)21-19(24)17-11-18(26-22-17)14-5-6-14/h11-16H,3-10H2,1-2H3,(H,21,24)/t12-,13-,15+,16?/m0/s1. The van der Waals surface area contributed by atoms with Crippen LogP contribution in [0.3, 0.4) is 0 Å². The maximum absolute atomic E-state index is 12.8. The highest BCUT2D eigenvalue weighted by Gasteiger charge is 2.36. The van der Waals surface area contributed by atoms with Crippen LogP contribution < -0.4 is 5.32 Å². The van der Waals surface area contributed by atoms with Crippen molar-refractivity contribution >= 4 is 11.8 Å². The van der Waals surface area contributed by atoms with E-state index in [2.05, 4.69) is 24.3 Å². The molecule has 2 heterocycles. The molecule has 4 atom stereocenters. The second-order valence-electron chi connectivity index (χ2n) is 8.58. The lowest BCUT2D eigenvalue weighted by atomic mass is 9.95. The number of nitrogens with one attached hydrogen (secondary N) is 1. The minimum atomic E-state index is -0.165. The number of carbonyl (C=O) groups excluding carboxylic acids is 2. The molecule has 1 aliphatic heterocycles. The maximum atomic E-state index is 12.8. The number of likely N-dealkylation sites (tertiary alicyclic amines) is 1. The summed E-state index contributed by atoms with van der Waals surface area (Å²) in [6.07, 6.45) is 7.07. The molecule has 6 nitrogen and oxygen atoms in total. The van der Waals surface area contributed by atoms with Gasteiger partial charge in [0.15, 0.2) is 5.69 Å². The van der Waals surface area contributed by atoms with E-state index in [-0.39, 0.29) is 23.9 Å². The Morgan fingerprint density at radius 3 is 2.62 bits per heavy atom. The molecule has 1 aromatic rings. The molecule has 3 fully saturated rings. The predicted octanol–water partition coefficient (Wildman–Crippen LogP) is 3.10. The first-order valence-electron chi connectivity index (χ1n) is 10.1. The minimum Gasteiger partial charge on any atom is -0.360 e. The minimum absolute atomic E-state index is 0.0881. The zero-order valence-corrected chi connectivity index (χ0v) is 15.7. The summed E-state index contributed by atoms with van der Waals surface area (Å²) in [6.45, 7) is 5.05. The van der Waals surface area contributed by atoms with E-state index in [4.69, 9.17) is 4.52 Å². The molecule has 1 aromatic heterocycles. The van der Waals surface area contributed by atoms with Crippen molar-refractivity contribution in [2.24, 2.45) is 11.8 Å². The van der Waals surface area contributed by atoms with Crippen LogP contribution in [-0.4, -0.2) is 40.5 Å². The van der Waals surface area contributed by atoms with Crippen molar-refractivity contribution < 1.29 is 14.1 Å². The van der Waals surface area contributed by atoms with Crippen LogP contribution >= 0.6 is 0 Å². The molecule has 1 saturated heterocycles. The molecule has 1 unspecified atom stereocenters. The van der Waals surface area contributed by atoms with E-state index in [1.807, 2.05) is 4.90 Å². The Bertz CT molecular complexity index is 682. The van der Waals surface area contributed by atoms with E-state index in [1.165, 1.54) is 0 Å². The van der Waals surface area contributed by atoms with Crippen molar-refractivity contribution in [2.45, 2.75) is 76.8 Å². The molecule has 4 rings (SSSR count). The predicted molar refractivity (Wildman–Crippen MR) is 96.6 cm³/mol. The van der Waals surface area contributed by atoms with Gasteiger partial charge in [0.05, 0.1) is 0 Å². The number of carbonyl (C=O) groups is 2. The van der Waals surface area contributed by atoms with Gasteiger partial charge in [-0.1, -0.05) is 12.1 Å². The second kappa shape index (κ2) is 7.05. The molecule has 0 spiro atoms. The molecule has 3 aliphatic rings. The molecular weight excluding hydrogens is 330 g/mol. The normalized spacial score (nSPS) is 31.8. The number of rotatable bonds is 4. The molecule has 0 bridgehead atoms. The monoisotopic (exact) mass is 359 g/mol. The molecule has 2 aliphatic carbocycles. The topological polar surface area (TPSA) is 75.4 Å². The summed E-state index contributed by atoms with van der Waals surface area (Å²) in [4.78, 5) is 27.3. The second-order valence-corrected chi connectivity index (χ2v) is 8.58. The van der Waals surface area contributed by atoms with E-state index in [1.54, 1.807) is 6.07 Å². The smallest absolute Gasteiger partial charge is 0.273 e. The van der Waals surface area contributed by atoms with Crippen LogP contribution in [-0.2, 0) is 4.79 Å². The highest BCUT2D eigenvalue weighted by molar-refractivity contribution is 5.92. The first-order chi connectivity index (χ1) is 12.5.